The van der Waals surface area contributed by atoms with Gasteiger partial charge in [-0.2, -0.15) is 0 Å². The molecule has 1 heterocycles. The minimum atomic E-state index is -0.121. The summed E-state index contributed by atoms with van der Waals surface area (Å²) >= 11 is 0. The van der Waals surface area contributed by atoms with Crippen molar-refractivity contribution in [3.8, 4) is 5.75 Å². The Bertz CT molecular complexity index is 469. The second-order valence-electron chi connectivity index (χ2n) is 5.20. The molecular weight excluding hydrogens is 228 g/mol. The molecule has 3 rings (SSSR count). The molecule has 2 aliphatic rings. The van der Waals surface area contributed by atoms with Gasteiger partial charge in [-0.3, -0.25) is 4.79 Å². The maximum atomic E-state index is 12.4. The van der Waals surface area contributed by atoms with E-state index in [-0.39, 0.29) is 17.4 Å². The summed E-state index contributed by atoms with van der Waals surface area (Å²) in [5.74, 6) is 0.828. The number of amides is 1. The van der Waals surface area contributed by atoms with E-state index in [0.29, 0.717) is 13.2 Å². The van der Waals surface area contributed by atoms with Crippen molar-refractivity contribution in [2.75, 3.05) is 13.2 Å². The molecule has 1 atom stereocenters. The molecule has 0 saturated heterocycles. The maximum absolute atomic E-state index is 12.4. The number of fused-ring (bicyclic) bond motifs is 1. The maximum Gasteiger partial charge on any atom is 0.228 e. The summed E-state index contributed by atoms with van der Waals surface area (Å²) in [5.41, 5.74) is 6.58. The van der Waals surface area contributed by atoms with Crippen LogP contribution in [0.1, 0.15) is 30.7 Å². The highest BCUT2D eigenvalue weighted by Crippen LogP contribution is 2.37. The molecule has 1 amide bonds. The van der Waals surface area contributed by atoms with Gasteiger partial charge in [-0.1, -0.05) is 18.2 Å². The van der Waals surface area contributed by atoms with Crippen LogP contribution in [0.2, 0.25) is 0 Å². The first-order valence-electron chi connectivity index (χ1n) is 6.48. The highest BCUT2D eigenvalue weighted by Gasteiger charge is 2.44. The van der Waals surface area contributed by atoms with E-state index in [2.05, 4.69) is 5.32 Å². The topological polar surface area (TPSA) is 64.3 Å². The van der Waals surface area contributed by atoms with Crippen LogP contribution in [0.3, 0.4) is 0 Å². The summed E-state index contributed by atoms with van der Waals surface area (Å²) in [4.78, 5) is 12.4. The minimum Gasteiger partial charge on any atom is -0.493 e. The molecule has 1 aliphatic heterocycles. The molecule has 1 fully saturated rings. The highest BCUT2D eigenvalue weighted by molar-refractivity contribution is 5.85. The van der Waals surface area contributed by atoms with Gasteiger partial charge in [0.15, 0.2) is 0 Å². The number of hydrogen-bond acceptors (Lipinski definition) is 3. The van der Waals surface area contributed by atoms with Gasteiger partial charge in [0.05, 0.1) is 18.1 Å². The van der Waals surface area contributed by atoms with Crippen molar-refractivity contribution in [1.82, 2.24) is 5.32 Å². The number of hydrogen-bond donors (Lipinski definition) is 2. The van der Waals surface area contributed by atoms with E-state index in [1.165, 1.54) is 0 Å². The Hall–Kier alpha value is -1.55. The lowest BCUT2D eigenvalue weighted by atomic mass is 9.92. The SMILES string of the molecule is NCC1(NC(=O)C2CCOc3ccccc32)CC1. The van der Waals surface area contributed by atoms with Gasteiger partial charge in [0.25, 0.3) is 0 Å². The third kappa shape index (κ3) is 1.97. The zero-order valence-electron chi connectivity index (χ0n) is 10.3. The van der Waals surface area contributed by atoms with Gasteiger partial charge < -0.3 is 15.8 Å². The van der Waals surface area contributed by atoms with Gasteiger partial charge >= 0.3 is 0 Å². The van der Waals surface area contributed by atoms with E-state index in [9.17, 15) is 4.79 Å². The van der Waals surface area contributed by atoms with Crippen LogP contribution in [-0.2, 0) is 4.79 Å². The lowest BCUT2D eigenvalue weighted by Gasteiger charge is -2.27. The fraction of sp³-hybridized carbons (Fsp3) is 0.500. The van der Waals surface area contributed by atoms with Crippen LogP contribution in [0.4, 0.5) is 0 Å². The number of ether oxygens (including phenoxy) is 1. The van der Waals surface area contributed by atoms with Crippen molar-refractivity contribution in [2.45, 2.75) is 30.7 Å². The summed E-state index contributed by atoms with van der Waals surface area (Å²) in [5, 5.41) is 3.11. The quantitative estimate of drug-likeness (QED) is 0.841. The van der Waals surface area contributed by atoms with Crippen LogP contribution >= 0.6 is 0 Å². The largest absolute Gasteiger partial charge is 0.493 e. The molecule has 0 aromatic heterocycles. The van der Waals surface area contributed by atoms with E-state index in [4.69, 9.17) is 10.5 Å². The molecule has 4 heteroatoms. The summed E-state index contributed by atoms with van der Waals surface area (Å²) in [6.07, 6.45) is 2.74. The molecule has 1 aromatic carbocycles. The average Bonchev–Trinajstić information content (AvgIpc) is 3.18. The number of nitrogens with two attached hydrogens (primary N) is 1. The Morgan fingerprint density at radius 1 is 1.44 bits per heavy atom. The molecule has 96 valence electrons. The highest BCUT2D eigenvalue weighted by atomic mass is 16.5. The molecule has 0 spiro atoms. The first-order chi connectivity index (χ1) is 8.74. The first-order valence-corrected chi connectivity index (χ1v) is 6.48. The van der Waals surface area contributed by atoms with Gasteiger partial charge in [-0.15, -0.1) is 0 Å². The Kier molecular flexibility index (Phi) is 2.74. The van der Waals surface area contributed by atoms with Crippen molar-refractivity contribution in [3.05, 3.63) is 29.8 Å². The molecule has 1 unspecified atom stereocenters. The molecule has 1 aliphatic carbocycles. The number of para-hydroxylation sites is 1. The smallest absolute Gasteiger partial charge is 0.228 e. The van der Waals surface area contributed by atoms with Crippen LogP contribution in [0.25, 0.3) is 0 Å². The van der Waals surface area contributed by atoms with Crippen LogP contribution < -0.4 is 15.8 Å². The van der Waals surface area contributed by atoms with Gasteiger partial charge in [-0.25, -0.2) is 0 Å². The van der Waals surface area contributed by atoms with Gasteiger partial charge in [0.1, 0.15) is 5.75 Å². The van der Waals surface area contributed by atoms with E-state index in [1.54, 1.807) is 0 Å². The van der Waals surface area contributed by atoms with Crippen molar-refractivity contribution < 1.29 is 9.53 Å². The number of carbonyl (C=O) groups excluding carboxylic acids is 1. The standard InChI is InChI=1S/C14H18N2O2/c15-9-14(6-7-14)16-13(17)11-5-8-18-12-4-2-1-3-10(11)12/h1-4,11H,5-9,15H2,(H,16,17). The monoisotopic (exact) mass is 246 g/mol. The average molecular weight is 246 g/mol. The predicted molar refractivity (Wildman–Crippen MR) is 68.5 cm³/mol. The molecule has 4 nitrogen and oxygen atoms in total. The summed E-state index contributed by atoms with van der Waals surface area (Å²) in [6.45, 7) is 1.13. The number of nitrogens with one attached hydrogen (secondary N) is 1. The number of rotatable bonds is 3. The fourth-order valence-corrected chi connectivity index (χ4v) is 2.49. The Balaban J connectivity index is 1.79. The van der Waals surface area contributed by atoms with Crippen molar-refractivity contribution >= 4 is 5.91 Å². The Labute approximate surface area is 107 Å². The van der Waals surface area contributed by atoms with Crippen LogP contribution in [0.15, 0.2) is 24.3 Å². The van der Waals surface area contributed by atoms with Crippen molar-refractivity contribution in [1.29, 1.82) is 0 Å². The third-order valence-electron chi connectivity index (χ3n) is 3.91. The van der Waals surface area contributed by atoms with Crippen molar-refractivity contribution in [3.63, 3.8) is 0 Å². The molecule has 3 N–H and O–H groups in total. The summed E-state index contributed by atoms with van der Waals surface area (Å²) in [7, 11) is 0. The van der Waals surface area contributed by atoms with Crippen LogP contribution in [-0.4, -0.2) is 24.6 Å². The van der Waals surface area contributed by atoms with Crippen LogP contribution in [0.5, 0.6) is 5.75 Å². The van der Waals surface area contributed by atoms with E-state index < -0.39 is 0 Å². The zero-order valence-corrected chi connectivity index (χ0v) is 10.3. The van der Waals surface area contributed by atoms with Gasteiger partial charge in [0, 0.05) is 12.1 Å². The zero-order chi connectivity index (χ0) is 12.6. The minimum absolute atomic E-state index is 0.0914. The molecule has 0 bridgehead atoms. The Morgan fingerprint density at radius 2 is 2.22 bits per heavy atom. The van der Waals surface area contributed by atoms with E-state index in [1.807, 2.05) is 24.3 Å². The lowest BCUT2D eigenvalue weighted by Crippen LogP contribution is -2.45. The number of benzene rings is 1. The lowest BCUT2D eigenvalue weighted by molar-refractivity contribution is -0.124. The molecule has 18 heavy (non-hydrogen) atoms. The molecule has 0 radical (unpaired) electrons. The van der Waals surface area contributed by atoms with Gasteiger partial charge in [-0.05, 0) is 25.3 Å². The summed E-state index contributed by atoms with van der Waals surface area (Å²) in [6, 6.07) is 7.77. The number of carbonyl (C=O) groups is 1. The van der Waals surface area contributed by atoms with Gasteiger partial charge in [0.2, 0.25) is 5.91 Å². The third-order valence-corrected chi connectivity index (χ3v) is 3.91. The Morgan fingerprint density at radius 3 is 2.94 bits per heavy atom. The van der Waals surface area contributed by atoms with Crippen LogP contribution in [0, 0.1) is 0 Å². The normalized spacial score (nSPS) is 23.7. The van der Waals surface area contributed by atoms with Crippen molar-refractivity contribution in [2.24, 2.45) is 5.73 Å². The molecule has 1 aromatic rings. The van der Waals surface area contributed by atoms with E-state index in [0.717, 1.165) is 30.6 Å². The second kappa shape index (κ2) is 4.28. The molecule has 1 saturated carbocycles. The predicted octanol–water partition coefficient (Wildman–Crippen LogP) is 1.16. The summed E-state index contributed by atoms with van der Waals surface area (Å²) < 4.78 is 5.57. The first kappa shape index (κ1) is 11.5. The van der Waals surface area contributed by atoms with E-state index >= 15 is 0 Å². The molecular formula is C14H18N2O2. The fourth-order valence-electron chi connectivity index (χ4n) is 2.49. The second-order valence-corrected chi connectivity index (χ2v) is 5.20.